The first-order valence-electron chi connectivity index (χ1n) is 7.06. The minimum absolute atomic E-state index is 0.0131. The normalized spacial score (nSPS) is 11.7. The molecule has 0 radical (unpaired) electrons. The third kappa shape index (κ3) is 5.31. The summed E-state index contributed by atoms with van der Waals surface area (Å²) < 4.78 is 0. The summed E-state index contributed by atoms with van der Waals surface area (Å²) in [5.74, 6) is -0.0131. The summed E-state index contributed by atoms with van der Waals surface area (Å²) in [5, 5.41) is 3.04. The molecule has 0 spiro atoms. The zero-order valence-corrected chi connectivity index (χ0v) is 13.1. The van der Waals surface area contributed by atoms with Crippen molar-refractivity contribution in [1.29, 1.82) is 0 Å². The van der Waals surface area contributed by atoms with Crippen LogP contribution in [0.1, 0.15) is 29.8 Å². The Hall–Kier alpha value is -1.39. The molecule has 1 rings (SSSR count). The van der Waals surface area contributed by atoms with Crippen molar-refractivity contribution < 1.29 is 4.79 Å². The monoisotopic (exact) mass is 277 g/mol. The van der Waals surface area contributed by atoms with E-state index in [9.17, 15) is 4.79 Å². The Kier molecular flexibility index (Phi) is 6.17. The molecule has 0 aliphatic heterocycles. The van der Waals surface area contributed by atoms with E-state index in [-0.39, 0.29) is 11.3 Å². The van der Waals surface area contributed by atoms with E-state index in [2.05, 4.69) is 24.1 Å². The molecule has 112 valence electrons. The fraction of sp³-hybridized carbons (Fsp3) is 0.562. The number of carbonyl (C=O) groups is 1. The number of rotatable bonds is 7. The number of carbonyl (C=O) groups excluding carboxylic acids is 1. The van der Waals surface area contributed by atoms with Gasteiger partial charge in [-0.2, -0.15) is 0 Å². The van der Waals surface area contributed by atoms with Gasteiger partial charge in [0.15, 0.2) is 0 Å². The predicted octanol–water partition coefficient (Wildman–Crippen LogP) is 1.51. The van der Waals surface area contributed by atoms with Crippen LogP contribution in [-0.4, -0.2) is 44.5 Å². The Morgan fingerprint density at radius 1 is 1.30 bits per heavy atom. The van der Waals surface area contributed by atoms with Gasteiger partial charge in [-0.15, -0.1) is 0 Å². The highest BCUT2D eigenvalue weighted by Gasteiger charge is 2.20. The first kappa shape index (κ1) is 16.7. The van der Waals surface area contributed by atoms with Crippen molar-refractivity contribution in [2.45, 2.75) is 20.3 Å². The van der Waals surface area contributed by atoms with E-state index in [0.717, 1.165) is 24.1 Å². The number of nitrogens with one attached hydrogen (secondary N) is 1. The molecule has 0 heterocycles. The minimum atomic E-state index is -0.0131. The lowest BCUT2D eigenvalue weighted by Crippen LogP contribution is -2.40. The fourth-order valence-electron chi connectivity index (χ4n) is 2.44. The second kappa shape index (κ2) is 7.41. The molecule has 0 saturated heterocycles. The smallest absolute Gasteiger partial charge is 0.251 e. The van der Waals surface area contributed by atoms with Gasteiger partial charge in [0.2, 0.25) is 0 Å². The summed E-state index contributed by atoms with van der Waals surface area (Å²) in [4.78, 5) is 14.4. The van der Waals surface area contributed by atoms with Crippen LogP contribution in [0.5, 0.6) is 0 Å². The molecule has 0 aromatic heterocycles. The van der Waals surface area contributed by atoms with Crippen LogP contribution < -0.4 is 11.1 Å². The third-order valence-corrected chi connectivity index (χ3v) is 3.15. The highest BCUT2D eigenvalue weighted by Crippen LogP contribution is 2.15. The van der Waals surface area contributed by atoms with E-state index in [1.165, 1.54) is 0 Å². The van der Waals surface area contributed by atoms with Crippen molar-refractivity contribution in [2.24, 2.45) is 11.1 Å². The van der Waals surface area contributed by atoms with Crippen molar-refractivity contribution in [1.82, 2.24) is 10.2 Å². The Balaban J connectivity index is 2.68. The quantitative estimate of drug-likeness (QED) is 0.794. The topological polar surface area (TPSA) is 58.4 Å². The Morgan fingerprint density at radius 2 is 1.95 bits per heavy atom. The third-order valence-electron chi connectivity index (χ3n) is 3.15. The van der Waals surface area contributed by atoms with E-state index in [4.69, 9.17) is 5.73 Å². The Bertz CT molecular complexity index is 441. The Morgan fingerprint density at radius 3 is 2.55 bits per heavy atom. The zero-order chi connectivity index (χ0) is 15.2. The standard InChI is InChI=1S/C16H27N3O/c1-16(2,12-19(3)4)11-18-15(20)14-8-6-5-7-13(14)9-10-17/h5-8H,9-12,17H2,1-4H3,(H,18,20). The molecule has 3 N–H and O–H groups in total. The van der Waals surface area contributed by atoms with Gasteiger partial charge in [0.1, 0.15) is 0 Å². The van der Waals surface area contributed by atoms with E-state index >= 15 is 0 Å². The van der Waals surface area contributed by atoms with Crippen molar-refractivity contribution in [3.8, 4) is 0 Å². The molecule has 0 fully saturated rings. The van der Waals surface area contributed by atoms with Crippen molar-refractivity contribution in [2.75, 3.05) is 33.7 Å². The van der Waals surface area contributed by atoms with Gasteiger partial charge < -0.3 is 16.0 Å². The molecule has 0 unspecified atom stereocenters. The van der Waals surface area contributed by atoms with Crippen LogP contribution in [0.2, 0.25) is 0 Å². The maximum absolute atomic E-state index is 12.3. The molecule has 4 heteroatoms. The largest absolute Gasteiger partial charge is 0.351 e. The molecule has 0 atom stereocenters. The lowest BCUT2D eigenvalue weighted by molar-refractivity contribution is 0.0928. The summed E-state index contributed by atoms with van der Waals surface area (Å²) in [6, 6.07) is 7.66. The molecule has 0 aliphatic rings. The summed E-state index contributed by atoms with van der Waals surface area (Å²) in [6.07, 6.45) is 0.727. The van der Waals surface area contributed by atoms with Crippen LogP contribution in [0.25, 0.3) is 0 Å². The lowest BCUT2D eigenvalue weighted by atomic mass is 9.92. The molecule has 0 saturated carbocycles. The fourth-order valence-corrected chi connectivity index (χ4v) is 2.44. The number of nitrogens with two attached hydrogens (primary N) is 1. The molecule has 1 aromatic rings. The average molecular weight is 277 g/mol. The summed E-state index contributed by atoms with van der Waals surface area (Å²) in [5.41, 5.74) is 7.38. The van der Waals surface area contributed by atoms with Crippen LogP contribution in [0.3, 0.4) is 0 Å². The zero-order valence-electron chi connectivity index (χ0n) is 13.1. The number of hydrogen-bond acceptors (Lipinski definition) is 3. The van der Waals surface area contributed by atoms with Crippen molar-refractivity contribution >= 4 is 5.91 Å². The predicted molar refractivity (Wildman–Crippen MR) is 83.9 cm³/mol. The van der Waals surface area contributed by atoms with E-state index in [1.807, 2.05) is 38.4 Å². The number of nitrogens with zero attached hydrogens (tertiary/aromatic N) is 1. The van der Waals surface area contributed by atoms with Gasteiger partial charge in [-0.25, -0.2) is 0 Å². The van der Waals surface area contributed by atoms with Crippen LogP contribution in [0, 0.1) is 5.41 Å². The highest BCUT2D eigenvalue weighted by molar-refractivity contribution is 5.95. The SMILES string of the molecule is CN(C)CC(C)(C)CNC(=O)c1ccccc1CCN. The van der Waals surface area contributed by atoms with Crippen LogP contribution >= 0.6 is 0 Å². The van der Waals surface area contributed by atoms with Gasteiger partial charge in [0, 0.05) is 18.7 Å². The minimum Gasteiger partial charge on any atom is -0.351 e. The van der Waals surface area contributed by atoms with Crippen molar-refractivity contribution in [3.05, 3.63) is 35.4 Å². The number of amides is 1. The van der Waals surface area contributed by atoms with E-state index < -0.39 is 0 Å². The average Bonchev–Trinajstić information content (AvgIpc) is 2.36. The van der Waals surface area contributed by atoms with Gasteiger partial charge in [-0.3, -0.25) is 4.79 Å². The van der Waals surface area contributed by atoms with Gasteiger partial charge in [-0.05, 0) is 44.1 Å². The summed E-state index contributed by atoms with van der Waals surface area (Å²) in [6.45, 7) is 6.44. The first-order chi connectivity index (χ1) is 9.35. The van der Waals surface area contributed by atoms with Crippen LogP contribution in [0.15, 0.2) is 24.3 Å². The van der Waals surface area contributed by atoms with Crippen LogP contribution in [-0.2, 0) is 6.42 Å². The van der Waals surface area contributed by atoms with Gasteiger partial charge in [0.25, 0.3) is 5.91 Å². The van der Waals surface area contributed by atoms with Crippen LogP contribution in [0.4, 0.5) is 0 Å². The molecule has 1 amide bonds. The molecule has 1 aromatic carbocycles. The van der Waals surface area contributed by atoms with E-state index in [1.54, 1.807) is 0 Å². The second-order valence-electron chi connectivity index (χ2n) is 6.28. The number of hydrogen-bond donors (Lipinski definition) is 2. The Labute approximate surface area is 122 Å². The lowest BCUT2D eigenvalue weighted by Gasteiger charge is -2.28. The second-order valence-corrected chi connectivity index (χ2v) is 6.28. The maximum Gasteiger partial charge on any atom is 0.251 e. The molecular weight excluding hydrogens is 250 g/mol. The molecular formula is C16H27N3O. The number of benzene rings is 1. The first-order valence-corrected chi connectivity index (χ1v) is 7.06. The maximum atomic E-state index is 12.3. The summed E-state index contributed by atoms with van der Waals surface area (Å²) >= 11 is 0. The van der Waals surface area contributed by atoms with Gasteiger partial charge >= 0.3 is 0 Å². The van der Waals surface area contributed by atoms with E-state index in [0.29, 0.717) is 13.1 Å². The summed E-state index contributed by atoms with van der Waals surface area (Å²) in [7, 11) is 4.08. The molecule has 20 heavy (non-hydrogen) atoms. The molecule has 0 aliphatic carbocycles. The molecule has 0 bridgehead atoms. The molecule has 4 nitrogen and oxygen atoms in total. The van der Waals surface area contributed by atoms with Gasteiger partial charge in [0.05, 0.1) is 0 Å². The highest BCUT2D eigenvalue weighted by atomic mass is 16.1. The van der Waals surface area contributed by atoms with Crippen molar-refractivity contribution in [3.63, 3.8) is 0 Å². The van der Waals surface area contributed by atoms with Gasteiger partial charge in [-0.1, -0.05) is 32.0 Å².